The number of carbonyl (C=O) groups excluding carboxylic acids is 2. The van der Waals surface area contributed by atoms with Crippen molar-refractivity contribution in [3.63, 3.8) is 0 Å². The second-order valence-electron chi connectivity index (χ2n) is 12.3. The summed E-state index contributed by atoms with van der Waals surface area (Å²) >= 11 is 0. The van der Waals surface area contributed by atoms with Gasteiger partial charge in [0.1, 0.15) is 12.6 Å². The molecule has 0 saturated carbocycles. The molecule has 0 amide bonds. The van der Waals surface area contributed by atoms with Crippen LogP contribution in [0.15, 0.2) is 59.5 Å². The molecule has 3 aliphatic heterocycles. The molecule has 2 atom stereocenters. The number of nitrogens with two attached hydrogens (primary N) is 1. The fraction of sp³-hybridized carbons (Fsp3) is 0.294. The van der Waals surface area contributed by atoms with Gasteiger partial charge in [-0.05, 0) is 47.6 Å². The number of benzene rings is 2. The van der Waals surface area contributed by atoms with Crippen LogP contribution in [0.4, 0.5) is 0 Å². The van der Waals surface area contributed by atoms with E-state index in [0.717, 1.165) is 44.0 Å². The largest absolute Gasteiger partial charge is 0.531 e. The summed E-state index contributed by atoms with van der Waals surface area (Å²) in [6.07, 6.45) is 2.89. The average molecular weight is 633 g/mol. The first-order valence-electron chi connectivity index (χ1n) is 15.7. The highest BCUT2D eigenvalue weighted by atomic mass is 17.0. The highest BCUT2D eigenvalue weighted by Crippen LogP contribution is 2.42. The Hall–Kier alpha value is -4.82. The zero-order valence-electron chi connectivity index (χ0n) is 26.2. The molecular weight excluding hydrogens is 601 g/mol. The number of hydrogen-bond acceptors (Lipinski definition) is 10. The molecular formula is C34H32BN5O7. The standard InChI is InChI=1S/C34H32BN5O7/c1-4-20-22-13-19(35-46-38-47-35)10-11-27(22)37-30-23(20)16-40-29(30)14-25-24(31(40)41)17-44-33(43)34(25,5-2)45-32(42)26(36)12-18-15-39(3)28-9-7-6-8-21(18)28/h6-11,13-15,26,38H,4-5,12,16-17,36H2,1-3H3/t26-,34+/m1/s1. The third-order valence-corrected chi connectivity index (χ3v) is 9.73. The topological polar surface area (TPSA) is 149 Å². The fourth-order valence-electron chi connectivity index (χ4n) is 7.28. The van der Waals surface area contributed by atoms with Gasteiger partial charge in [0, 0.05) is 47.1 Å². The third kappa shape index (κ3) is 4.38. The number of hydrogen-bond donors (Lipinski definition) is 2. The lowest BCUT2D eigenvalue weighted by Gasteiger charge is -2.36. The summed E-state index contributed by atoms with van der Waals surface area (Å²) < 4.78 is 25.7. The minimum absolute atomic E-state index is 0.0512. The summed E-state index contributed by atoms with van der Waals surface area (Å²) in [5, 5.41) is 1.93. The van der Waals surface area contributed by atoms with Gasteiger partial charge in [0.2, 0.25) is 5.60 Å². The van der Waals surface area contributed by atoms with Crippen molar-refractivity contribution in [3.05, 3.63) is 92.9 Å². The molecule has 8 rings (SSSR count). The quantitative estimate of drug-likeness (QED) is 0.198. The number of esters is 2. The monoisotopic (exact) mass is 633 g/mol. The maximum absolute atomic E-state index is 14.1. The molecule has 0 bridgehead atoms. The highest BCUT2D eigenvalue weighted by molar-refractivity contribution is 6.62. The number of rotatable bonds is 7. The van der Waals surface area contributed by atoms with Gasteiger partial charge < -0.3 is 24.3 Å². The van der Waals surface area contributed by atoms with Crippen LogP contribution in [0.5, 0.6) is 0 Å². The predicted molar refractivity (Wildman–Crippen MR) is 173 cm³/mol. The molecule has 0 unspecified atom stereocenters. The van der Waals surface area contributed by atoms with Crippen molar-refractivity contribution in [3.8, 4) is 11.4 Å². The molecule has 3 N–H and O–H groups in total. The number of para-hydroxylation sites is 1. The number of nitrogens with one attached hydrogen (secondary N) is 1. The first-order valence-corrected chi connectivity index (χ1v) is 15.7. The lowest BCUT2D eigenvalue weighted by atomic mass is 9.78. The van der Waals surface area contributed by atoms with Crippen LogP contribution in [-0.2, 0) is 67.2 Å². The molecule has 12 nitrogen and oxygen atoms in total. The van der Waals surface area contributed by atoms with Crippen LogP contribution in [0.1, 0.15) is 48.1 Å². The Morgan fingerprint density at radius 2 is 1.94 bits per heavy atom. The highest BCUT2D eigenvalue weighted by Gasteiger charge is 2.51. The Bertz CT molecular complexity index is 2210. The molecule has 3 aromatic heterocycles. The maximum Gasteiger partial charge on any atom is 0.531 e. The van der Waals surface area contributed by atoms with Gasteiger partial charge in [-0.15, -0.1) is 5.64 Å². The molecule has 238 valence electrons. The first-order chi connectivity index (χ1) is 22.7. The van der Waals surface area contributed by atoms with Crippen LogP contribution >= 0.6 is 0 Å². The van der Waals surface area contributed by atoms with E-state index in [2.05, 4.69) is 12.6 Å². The maximum atomic E-state index is 14.1. The average Bonchev–Trinajstić information content (AvgIpc) is 3.57. The van der Waals surface area contributed by atoms with Gasteiger partial charge in [-0.25, -0.2) is 9.78 Å². The molecule has 6 heterocycles. The molecule has 13 heteroatoms. The summed E-state index contributed by atoms with van der Waals surface area (Å²) in [6, 6.07) is 14.4. The van der Waals surface area contributed by atoms with Crippen molar-refractivity contribution in [2.45, 2.75) is 57.9 Å². The van der Waals surface area contributed by atoms with Gasteiger partial charge in [0.15, 0.2) is 0 Å². The predicted octanol–water partition coefficient (Wildman–Crippen LogP) is 2.42. The fourth-order valence-corrected chi connectivity index (χ4v) is 7.28. The van der Waals surface area contributed by atoms with Crippen molar-refractivity contribution in [2.75, 3.05) is 0 Å². The van der Waals surface area contributed by atoms with E-state index in [4.69, 9.17) is 29.7 Å². The van der Waals surface area contributed by atoms with Crippen molar-refractivity contribution in [1.82, 2.24) is 19.8 Å². The number of fused-ring (bicyclic) bond motifs is 6. The Balaban J connectivity index is 1.19. The molecule has 1 fully saturated rings. The minimum Gasteiger partial charge on any atom is -0.457 e. The second-order valence-corrected chi connectivity index (χ2v) is 12.3. The molecule has 2 aromatic carbocycles. The zero-order chi connectivity index (χ0) is 32.6. The summed E-state index contributed by atoms with van der Waals surface area (Å²) in [5.74, 6) is -1.49. The number of aromatic nitrogens is 3. The number of ether oxygens (including phenoxy) is 2. The van der Waals surface area contributed by atoms with E-state index in [1.807, 2.05) is 60.3 Å². The minimum atomic E-state index is -1.84. The Morgan fingerprint density at radius 1 is 1.13 bits per heavy atom. The van der Waals surface area contributed by atoms with E-state index in [9.17, 15) is 14.4 Å². The van der Waals surface area contributed by atoms with Crippen molar-refractivity contribution >= 4 is 46.3 Å². The smallest absolute Gasteiger partial charge is 0.457 e. The third-order valence-electron chi connectivity index (χ3n) is 9.73. The molecule has 0 spiro atoms. The number of carbonyl (C=O) groups is 2. The van der Waals surface area contributed by atoms with Crippen LogP contribution in [0.3, 0.4) is 0 Å². The normalized spacial score (nSPS) is 18.8. The van der Waals surface area contributed by atoms with Crippen molar-refractivity contribution in [1.29, 1.82) is 0 Å². The molecule has 0 aliphatic carbocycles. The van der Waals surface area contributed by atoms with Crippen LogP contribution in [0, 0.1) is 0 Å². The molecule has 5 aromatic rings. The molecule has 47 heavy (non-hydrogen) atoms. The van der Waals surface area contributed by atoms with E-state index in [0.29, 0.717) is 29.9 Å². The van der Waals surface area contributed by atoms with Crippen molar-refractivity contribution in [2.24, 2.45) is 12.8 Å². The van der Waals surface area contributed by atoms with Gasteiger partial charge in [-0.1, -0.05) is 44.2 Å². The van der Waals surface area contributed by atoms with E-state index in [1.165, 1.54) is 0 Å². The number of cyclic esters (lactones) is 1. The first kappa shape index (κ1) is 29.6. The SMILES string of the molecule is CCc1c2c(nc3ccc(B4ONO4)cc13)-c1cc3c(c(=O)n1C2)COC(=O)[C@@]3(CC)OC(=O)[C@H](N)Cc1cn(C)c2ccccc12. The van der Waals surface area contributed by atoms with Crippen LogP contribution in [0.25, 0.3) is 33.2 Å². The van der Waals surface area contributed by atoms with E-state index < -0.39 is 30.7 Å². The van der Waals surface area contributed by atoms with E-state index in [1.54, 1.807) is 17.6 Å². The Labute approximate surface area is 269 Å². The van der Waals surface area contributed by atoms with Crippen molar-refractivity contribution < 1.29 is 28.6 Å². The van der Waals surface area contributed by atoms with E-state index >= 15 is 0 Å². The second kappa shape index (κ2) is 10.9. The molecule has 3 aliphatic rings. The number of nitrogens with zero attached hydrogens (tertiary/aromatic N) is 3. The Morgan fingerprint density at radius 3 is 2.68 bits per heavy atom. The van der Waals surface area contributed by atoms with Crippen LogP contribution < -0.4 is 22.4 Å². The number of aryl methyl sites for hydroxylation is 2. The Kier molecular flexibility index (Phi) is 6.85. The van der Waals surface area contributed by atoms with Gasteiger partial charge in [0.25, 0.3) is 5.56 Å². The zero-order valence-corrected chi connectivity index (χ0v) is 26.2. The number of pyridine rings is 2. The van der Waals surface area contributed by atoms with Crippen LogP contribution in [0.2, 0.25) is 0 Å². The molecule has 0 radical (unpaired) electrons. The lowest BCUT2D eigenvalue weighted by molar-refractivity contribution is -0.190. The summed E-state index contributed by atoms with van der Waals surface area (Å²) in [4.78, 5) is 46.3. The molecule has 1 saturated heterocycles. The van der Waals surface area contributed by atoms with Gasteiger partial charge >= 0.3 is 19.1 Å². The lowest BCUT2D eigenvalue weighted by Crippen LogP contribution is -2.54. The van der Waals surface area contributed by atoms with Gasteiger partial charge in [-0.3, -0.25) is 19.1 Å². The summed E-state index contributed by atoms with van der Waals surface area (Å²) in [5.41, 5.74) is 13.9. The van der Waals surface area contributed by atoms with E-state index in [-0.39, 0.29) is 30.6 Å². The van der Waals surface area contributed by atoms with Crippen LogP contribution in [-0.4, -0.2) is 39.2 Å². The summed E-state index contributed by atoms with van der Waals surface area (Å²) in [7, 11) is 1.42. The van der Waals surface area contributed by atoms with Gasteiger partial charge in [-0.2, -0.15) is 0 Å². The summed E-state index contributed by atoms with van der Waals surface area (Å²) in [6.45, 7) is 3.88. The van der Waals surface area contributed by atoms with Gasteiger partial charge in [0.05, 0.1) is 29.0 Å².